The summed E-state index contributed by atoms with van der Waals surface area (Å²) >= 11 is 5.82. The summed E-state index contributed by atoms with van der Waals surface area (Å²) in [5.74, 6) is -0.0399. The first-order valence-corrected chi connectivity index (χ1v) is 7.31. The lowest BCUT2D eigenvalue weighted by atomic mass is 10.1. The van der Waals surface area contributed by atoms with Gasteiger partial charge in [-0.1, -0.05) is 23.7 Å². The monoisotopic (exact) mass is 302 g/mol. The number of hydrogen-bond donors (Lipinski definition) is 2. The highest BCUT2D eigenvalue weighted by Gasteiger charge is 2.04. The van der Waals surface area contributed by atoms with Crippen molar-refractivity contribution in [3.05, 3.63) is 59.1 Å². The van der Waals surface area contributed by atoms with Crippen molar-refractivity contribution < 1.29 is 4.79 Å². The maximum absolute atomic E-state index is 12.0. The van der Waals surface area contributed by atoms with Gasteiger partial charge in [0, 0.05) is 22.4 Å². The number of amides is 1. The number of carbonyl (C=O) groups is 1. The van der Waals surface area contributed by atoms with E-state index in [1.54, 1.807) is 12.1 Å². The summed E-state index contributed by atoms with van der Waals surface area (Å²) in [5.41, 5.74) is 2.78. The van der Waals surface area contributed by atoms with Gasteiger partial charge in [0.25, 0.3) is 0 Å². The van der Waals surface area contributed by atoms with Crippen LogP contribution in [0.5, 0.6) is 0 Å². The smallest absolute Gasteiger partial charge is 0.228 e. The van der Waals surface area contributed by atoms with E-state index in [0.717, 1.165) is 16.9 Å². The molecule has 0 aromatic heterocycles. The Kier molecular flexibility index (Phi) is 5.23. The van der Waals surface area contributed by atoms with Gasteiger partial charge in [-0.05, 0) is 55.8 Å². The minimum atomic E-state index is -0.0399. The standard InChI is InChI=1S/C17H19ClN2O/c1-12(2)19-15-7-9-16(10-8-15)20-17(21)11-13-3-5-14(18)6-4-13/h3-10,12,19H,11H2,1-2H3,(H,20,21). The number of nitrogens with one attached hydrogen (secondary N) is 2. The summed E-state index contributed by atoms with van der Waals surface area (Å²) in [6.45, 7) is 4.17. The van der Waals surface area contributed by atoms with E-state index < -0.39 is 0 Å². The van der Waals surface area contributed by atoms with Gasteiger partial charge in [0.1, 0.15) is 0 Å². The lowest BCUT2D eigenvalue weighted by Crippen LogP contribution is -2.14. The predicted molar refractivity (Wildman–Crippen MR) is 89.0 cm³/mol. The van der Waals surface area contributed by atoms with E-state index in [1.807, 2.05) is 36.4 Å². The van der Waals surface area contributed by atoms with Crippen LogP contribution < -0.4 is 10.6 Å². The first-order valence-electron chi connectivity index (χ1n) is 6.94. The van der Waals surface area contributed by atoms with E-state index in [-0.39, 0.29) is 5.91 Å². The molecule has 2 aromatic rings. The first kappa shape index (κ1) is 15.4. The van der Waals surface area contributed by atoms with Crippen molar-refractivity contribution in [2.75, 3.05) is 10.6 Å². The van der Waals surface area contributed by atoms with Crippen molar-refractivity contribution in [2.45, 2.75) is 26.3 Å². The maximum atomic E-state index is 12.0. The molecule has 0 saturated carbocycles. The third-order valence-corrected chi connectivity index (χ3v) is 3.15. The second-order valence-electron chi connectivity index (χ2n) is 5.23. The van der Waals surface area contributed by atoms with E-state index in [0.29, 0.717) is 17.5 Å². The molecule has 21 heavy (non-hydrogen) atoms. The molecule has 0 atom stereocenters. The van der Waals surface area contributed by atoms with Crippen molar-refractivity contribution >= 4 is 28.9 Å². The van der Waals surface area contributed by atoms with Crippen molar-refractivity contribution in [2.24, 2.45) is 0 Å². The molecule has 0 unspecified atom stereocenters. The minimum Gasteiger partial charge on any atom is -0.383 e. The highest BCUT2D eigenvalue weighted by atomic mass is 35.5. The van der Waals surface area contributed by atoms with Crippen LogP contribution >= 0.6 is 11.6 Å². The van der Waals surface area contributed by atoms with Crippen LogP contribution in [0.25, 0.3) is 0 Å². The van der Waals surface area contributed by atoms with E-state index >= 15 is 0 Å². The van der Waals surface area contributed by atoms with Gasteiger partial charge in [0.2, 0.25) is 5.91 Å². The Morgan fingerprint density at radius 3 is 2.14 bits per heavy atom. The van der Waals surface area contributed by atoms with Crippen LogP contribution in [0, 0.1) is 0 Å². The summed E-state index contributed by atoms with van der Waals surface area (Å²) < 4.78 is 0. The molecule has 2 N–H and O–H groups in total. The van der Waals surface area contributed by atoms with Gasteiger partial charge in [0.15, 0.2) is 0 Å². The quantitative estimate of drug-likeness (QED) is 0.862. The molecule has 2 aromatic carbocycles. The Labute approximate surface area is 130 Å². The third-order valence-electron chi connectivity index (χ3n) is 2.90. The molecule has 4 heteroatoms. The molecule has 0 spiro atoms. The number of benzene rings is 2. The minimum absolute atomic E-state index is 0.0399. The van der Waals surface area contributed by atoms with Gasteiger partial charge >= 0.3 is 0 Å². The van der Waals surface area contributed by atoms with Crippen LogP contribution in [0.1, 0.15) is 19.4 Å². The van der Waals surface area contributed by atoms with Crippen LogP contribution in [0.15, 0.2) is 48.5 Å². The first-order chi connectivity index (χ1) is 10.0. The SMILES string of the molecule is CC(C)Nc1ccc(NC(=O)Cc2ccc(Cl)cc2)cc1. The molecular formula is C17H19ClN2O. The molecule has 0 bridgehead atoms. The van der Waals surface area contributed by atoms with Gasteiger partial charge in [0.05, 0.1) is 6.42 Å². The number of hydrogen-bond acceptors (Lipinski definition) is 2. The molecule has 1 amide bonds. The summed E-state index contributed by atoms with van der Waals surface area (Å²) in [4.78, 5) is 12.0. The van der Waals surface area contributed by atoms with Crippen LogP contribution in [0.4, 0.5) is 11.4 Å². The summed E-state index contributed by atoms with van der Waals surface area (Å²) in [6, 6.07) is 15.4. The topological polar surface area (TPSA) is 41.1 Å². The Bertz CT molecular complexity index is 591. The number of carbonyl (C=O) groups excluding carboxylic acids is 1. The number of anilines is 2. The fourth-order valence-electron chi connectivity index (χ4n) is 1.98. The molecule has 0 aliphatic carbocycles. The van der Waals surface area contributed by atoms with Crippen molar-refractivity contribution in [1.82, 2.24) is 0 Å². The highest BCUT2D eigenvalue weighted by molar-refractivity contribution is 6.30. The van der Waals surface area contributed by atoms with Crippen molar-refractivity contribution in [1.29, 1.82) is 0 Å². The third kappa shape index (κ3) is 5.12. The predicted octanol–water partition coefficient (Wildman–Crippen LogP) is 4.34. The van der Waals surface area contributed by atoms with Gasteiger partial charge in [-0.3, -0.25) is 4.79 Å². The summed E-state index contributed by atoms with van der Waals surface area (Å²) in [7, 11) is 0. The normalized spacial score (nSPS) is 10.5. The van der Waals surface area contributed by atoms with Gasteiger partial charge < -0.3 is 10.6 Å². The highest BCUT2D eigenvalue weighted by Crippen LogP contribution is 2.15. The second-order valence-corrected chi connectivity index (χ2v) is 5.66. The van der Waals surface area contributed by atoms with Crippen LogP contribution in [-0.4, -0.2) is 11.9 Å². The zero-order chi connectivity index (χ0) is 15.2. The Hall–Kier alpha value is -2.00. The Morgan fingerprint density at radius 2 is 1.57 bits per heavy atom. The van der Waals surface area contributed by atoms with E-state index in [1.165, 1.54) is 0 Å². The molecule has 0 saturated heterocycles. The zero-order valence-electron chi connectivity index (χ0n) is 12.2. The largest absolute Gasteiger partial charge is 0.383 e. The molecule has 110 valence electrons. The fraction of sp³-hybridized carbons (Fsp3) is 0.235. The van der Waals surface area contributed by atoms with Crippen LogP contribution in [0.2, 0.25) is 5.02 Å². The van der Waals surface area contributed by atoms with E-state index in [4.69, 9.17) is 11.6 Å². The van der Waals surface area contributed by atoms with Gasteiger partial charge in [-0.25, -0.2) is 0 Å². The van der Waals surface area contributed by atoms with E-state index in [9.17, 15) is 4.79 Å². The second kappa shape index (κ2) is 7.14. The van der Waals surface area contributed by atoms with E-state index in [2.05, 4.69) is 24.5 Å². The zero-order valence-corrected chi connectivity index (χ0v) is 12.9. The molecule has 0 aliphatic rings. The molecule has 0 aliphatic heterocycles. The van der Waals surface area contributed by atoms with Gasteiger partial charge in [-0.15, -0.1) is 0 Å². The summed E-state index contributed by atoms with van der Waals surface area (Å²) in [5, 5.41) is 6.86. The molecule has 3 nitrogen and oxygen atoms in total. The molecular weight excluding hydrogens is 284 g/mol. The Morgan fingerprint density at radius 1 is 1.00 bits per heavy atom. The number of rotatable bonds is 5. The summed E-state index contributed by atoms with van der Waals surface area (Å²) in [6.07, 6.45) is 0.336. The molecule has 2 rings (SSSR count). The lowest BCUT2D eigenvalue weighted by molar-refractivity contribution is -0.115. The lowest BCUT2D eigenvalue weighted by Gasteiger charge is -2.11. The molecule has 0 heterocycles. The average molecular weight is 303 g/mol. The van der Waals surface area contributed by atoms with Crippen LogP contribution in [-0.2, 0) is 11.2 Å². The van der Waals surface area contributed by atoms with Crippen molar-refractivity contribution in [3.63, 3.8) is 0 Å². The van der Waals surface area contributed by atoms with Crippen LogP contribution in [0.3, 0.4) is 0 Å². The van der Waals surface area contributed by atoms with Gasteiger partial charge in [-0.2, -0.15) is 0 Å². The maximum Gasteiger partial charge on any atom is 0.228 e. The Balaban J connectivity index is 1.91. The molecule has 0 radical (unpaired) electrons. The molecule has 0 fully saturated rings. The van der Waals surface area contributed by atoms with Crippen molar-refractivity contribution in [3.8, 4) is 0 Å². The number of halogens is 1. The fourth-order valence-corrected chi connectivity index (χ4v) is 2.10. The average Bonchev–Trinajstić information content (AvgIpc) is 2.43.